The first kappa shape index (κ1) is 20.2. The number of halogens is 1. The summed E-state index contributed by atoms with van der Waals surface area (Å²) in [5.74, 6) is -0.295. The van der Waals surface area contributed by atoms with E-state index in [4.69, 9.17) is 11.6 Å². The lowest BCUT2D eigenvalue weighted by molar-refractivity contribution is -0.119. The van der Waals surface area contributed by atoms with E-state index in [0.29, 0.717) is 17.1 Å². The highest BCUT2D eigenvalue weighted by atomic mass is 35.5. The van der Waals surface area contributed by atoms with Crippen LogP contribution in [-0.4, -0.2) is 18.4 Å². The van der Waals surface area contributed by atoms with Gasteiger partial charge in [0.15, 0.2) is 0 Å². The summed E-state index contributed by atoms with van der Waals surface area (Å²) < 4.78 is 0. The number of anilines is 1. The number of benzene rings is 3. The van der Waals surface area contributed by atoms with Gasteiger partial charge in [-0.2, -0.15) is 0 Å². The van der Waals surface area contributed by atoms with Crippen molar-refractivity contribution in [2.45, 2.75) is 25.3 Å². The Labute approximate surface area is 181 Å². The molecule has 30 heavy (non-hydrogen) atoms. The minimum Gasteiger partial charge on any atom is -0.345 e. The number of para-hydroxylation sites is 1. The van der Waals surface area contributed by atoms with Gasteiger partial charge in [-0.15, -0.1) is 0 Å². The first-order valence-corrected chi connectivity index (χ1v) is 10.5. The largest absolute Gasteiger partial charge is 0.345 e. The fourth-order valence-electron chi connectivity index (χ4n) is 3.90. The minimum absolute atomic E-state index is 0.00420. The number of rotatable bonds is 5. The fraction of sp³-hybridized carbons (Fsp3) is 0.200. The van der Waals surface area contributed by atoms with Crippen LogP contribution in [0.4, 0.5) is 5.69 Å². The van der Waals surface area contributed by atoms with Crippen molar-refractivity contribution in [1.82, 2.24) is 5.32 Å². The second-order valence-electron chi connectivity index (χ2n) is 7.40. The van der Waals surface area contributed by atoms with Crippen LogP contribution in [0.1, 0.15) is 40.4 Å². The molecule has 152 valence electrons. The van der Waals surface area contributed by atoms with Gasteiger partial charge in [0.2, 0.25) is 5.91 Å². The van der Waals surface area contributed by atoms with Crippen LogP contribution in [0.25, 0.3) is 0 Å². The van der Waals surface area contributed by atoms with Gasteiger partial charge in [0.25, 0.3) is 5.91 Å². The molecule has 0 radical (unpaired) electrons. The normalized spacial score (nSPS) is 14.0. The molecule has 0 saturated heterocycles. The van der Waals surface area contributed by atoms with Gasteiger partial charge >= 0.3 is 0 Å². The summed E-state index contributed by atoms with van der Waals surface area (Å²) in [5.41, 5.74) is 3.44. The van der Waals surface area contributed by atoms with Crippen molar-refractivity contribution in [3.63, 3.8) is 0 Å². The topological polar surface area (TPSA) is 49.4 Å². The highest BCUT2D eigenvalue weighted by Gasteiger charge is 2.26. The van der Waals surface area contributed by atoms with E-state index in [1.54, 1.807) is 24.3 Å². The lowest BCUT2D eigenvalue weighted by Gasteiger charge is -2.31. The lowest BCUT2D eigenvalue weighted by Crippen LogP contribution is -2.39. The zero-order valence-electron chi connectivity index (χ0n) is 16.6. The second-order valence-corrected chi connectivity index (χ2v) is 7.81. The summed E-state index contributed by atoms with van der Waals surface area (Å²) in [4.78, 5) is 28.0. The van der Waals surface area contributed by atoms with Crippen molar-refractivity contribution in [3.05, 3.63) is 101 Å². The molecule has 1 atom stereocenters. The van der Waals surface area contributed by atoms with E-state index >= 15 is 0 Å². The molecule has 0 spiro atoms. The molecular weight excluding hydrogens is 396 g/mol. The molecule has 5 heteroatoms. The summed E-state index contributed by atoms with van der Waals surface area (Å²) in [7, 11) is 0. The quantitative estimate of drug-likeness (QED) is 0.620. The van der Waals surface area contributed by atoms with Crippen molar-refractivity contribution >= 4 is 29.1 Å². The van der Waals surface area contributed by atoms with E-state index in [1.165, 1.54) is 5.56 Å². The van der Waals surface area contributed by atoms with Gasteiger partial charge in [-0.3, -0.25) is 9.59 Å². The predicted molar refractivity (Wildman–Crippen MR) is 120 cm³/mol. The standard InChI is InChI=1S/C25H23ClN2O2/c26-21-14-6-5-13-20(21)25(30)27-22(18-9-2-1-3-10-18)17-24(29)28-16-8-12-19-11-4-7-15-23(19)28/h1-7,9-11,13-15,22H,8,12,16-17H2,(H,27,30). The number of amides is 2. The maximum absolute atomic E-state index is 13.3. The van der Waals surface area contributed by atoms with Crippen molar-refractivity contribution < 1.29 is 9.59 Å². The first-order chi connectivity index (χ1) is 14.6. The Kier molecular flexibility index (Phi) is 6.15. The Morgan fingerprint density at radius 1 is 0.933 bits per heavy atom. The molecular formula is C25H23ClN2O2. The van der Waals surface area contributed by atoms with E-state index in [9.17, 15) is 9.59 Å². The molecule has 3 aromatic rings. The Balaban J connectivity index is 1.58. The summed E-state index contributed by atoms with van der Waals surface area (Å²) in [5, 5.41) is 3.40. The van der Waals surface area contributed by atoms with E-state index in [0.717, 1.165) is 24.1 Å². The third-order valence-electron chi connectivity index (χ3n) is 5.42. The van der Waals surface area contributed by atoms with E-state index in [1.807, 2.05) is 53.4 Å². The Morgan fingerprint density at radius 2 is 1.63 bits per heavy atom. The highest BCUT2D eigenvalue weighted by molar-refractivity contribution is 6.33. The summed E-state index contributed by atoms with van der Waals surface area (Å²) in [6.45, 7) is 0.690. The van der Waals surface area contributed by atoms with Gasteiger partial charge in [0.1, 0.15) is 0 Å². The van der Waals surface area contributed by atoms with Gasteiger partial charge in [0.05, 0.1) is 23.0 Å². The molecule has 1 unspecified atom stereocenters. The lowest BCUT2D eigenvalue weighted by atomic mass is 9.99. The minimum atomic E-state index is -0.448. The van der Waals surface area contributed by atoms with Gasteiger partial charge in [0, 0.05) is 12.2 Å². The molecule has 0 aromatic heterocycles. The SMILES string of the molecule is O=C(NC(CC(=O)N1CCCc2ccccc21)c1ccccc1)c1ccccc1Cl. The molecule has 4 rings (SSSR count). The molecule has 0 bridgehead atoms. The van der Waals surface area contributed by atoms with Gasteiger partial charge < -0.3 is 10.2 Å². The fourth-order valence-corrected chi connectivity index (χ4v) is 4.12. The number of aryl methyl sites for hydroxylation is 1. The second kappa shape index (κ2) is 9.14. The molecule has 1 heterocycles. The maximum Gasteiger partial charge on any atom is 0.253 e. The van der Waals surface area contributed by atoms with Crippen molar-refractivity contribution in [2.24, 2.45) is 0 Å². The zero-order chi connectivity index (χ0) is 20.9. The molecule has 0 saturated carbocycles. The van der Waals surface area contributed by atoms with Crippen LogP contribution in [0.15, 0.2) is 78.9 Å². The molecule has 1 aliphatic rings. The van der Waals surface area contributed by atoms with E-state index < -0.39 is 6.04 Å². The van der Waals surface area contributed by atoms with Crippen LogP contribution in [-0.2, 0) is 11.2 Å². The molecule has 4 nitrogen and oxygen atoms in total. The maximum atomic E-state index is 13.3. The molecule has 1 N–H and O–H groups in total. The van der Waals surface area contributed by atoms with Crippen LogP contribution in [0, 0.1) is 0 Å². The first-order valence-electron chi connectivity index (χ1n) is 10.1. The highest BCUT2D eigenvalue weighted by Crippen LogP contribution is 2.29. The van der Waals surface area contributed by atoms with Crippen molar-refractivity contribution in [2.75, 3.05) is 11.4 Å². The van der Waals surface area contributed by atoms with Gasteiger partial charge in [-0.05, 0) is 42.2 Å². The van der Waals surface area contributed by atoms with Crippen LogP contribution in [0.2, 0.25) is 5.02 Å². The number of nitrogens with zero attached hydrogens (tertiary/aromatic N) is 1. The van der Waals surface area contributed by atoms with Crippen LogP contribution in [0.3, 0.4) is 0 Å². The summed E-state index contributed by atoms with van der Waals surface area (Å²) in [6, 6.07) is 24.1. The number of hydrogen-bond donors (Lipinski definition) is 1. The number of carbonyl (C=O) groups is 2. The molecule has 0 aliphatic carbocycles. The zero-order valence-corrected chi connectivity index (χ0v) is 17.3. The summed E-state index contributed by atoms with van der Waals surface area (Å²) >= 11 is 6.20. The third kappa shape index (κ3) is 4.39. The smallest absolute Gasteiger partial charge is 0.253 e. The van der Waals surface area contributed by atoms with Crippen LogP contribution in [0.5, 0.6) is 0 Å². The Hall–Kier alpha value is -3.11. The van der Waals surface area contributed by atoms with Gasteiger partial charge in [-0.1, -0.05) is 72.3 Å². The Morgan fingerprint density at radius 3 is 2.43 bits per heavy atom. The predicted octanol–water partition coefficient (Wildman–Crippen LogP) is 5.18. The number of hydrogen-bond acceptors (Lipinski definition) is 2. The molecule has 1 aliphatic heterocycles. The van der Waals surface area contributed by atoms with E-state index in [-0.39, 0.29) is 18.2 Å². The molecule has 3 aromatic carbocycles. The van der Waals surface area contributed by atoms with Crippen molar-refractivity contribution in [1.29, 1.82) is 0 Å². The monoisotopic (exact) mass is 418 g/mol. The molecule has 0 fully saturated rings. The number of nitrogens with one attached hydrogen (secondary N) is 1. The van der Waals surface area contributed by atoms with Crippen LogP contribution >= 0.6 is 11.6 Å². The Bertz CT molecular complexity index is 1050. The van der Waals surface area contributed by atoms with Crippen molar-refractivity contribution in [3.8, 4) is 0 Å². The average molecular weight is 419 g/mol. The van der Waals surface area contributed by atoms with Gasteiger partial charge in [-0.25, -0.2) is 0 Å². The average Bonchev–Trinajstić information content (AvgIpc) is 2.79. The van der Waals surface area contributed by atoms with E-state index in [2.05, 4.69) is 11.4 Å². The van der Waals surface area contributed by atoms with Crippen LogP contribution < -0.4 is 10.2 Å². The number of fused-ring (bicyclic) bond motifs is 1. The molecule has 2 amide bonds. The summed E-state index contributed by atoms with van der Waals surface area (Å²) in [6.07, 6.45) is 2.09. The number of carbonyl (C=O) groups excluding carboxylic acids is 2. The third-order valence-corrected chi connectivity index (χ3v) is 5.75.